The Morgan fingerprint density at radius 2 is 2.22 bits per heavy atom. The van der Waals surface area contributed by atoms with Crippen LogP contribution >= 0.6 is 0 Å². The van der Waals surface area contributed by atoms with Crippen LogP contribution in [-0.4, -0.2) is 49.2 Å². The minimum Gasteiger partial charge on any atom is -0.388 e. The molecule has 0 spiro atoms. The van der Waals surface area contributed by atoms with Crippen LogP contribution in [0.25, 0.3) is 0 Å². The summed E-state index contributed by atoms with van der Waals surface area (Å²) >= 11 is 0. The molecule has 2 N–H and O–H groups in total. The number of anilines is 1. The molecule has 1 unspecified atom stereocenters. The molecule has 1 saturated heterocycles. The largest absolute Gasteiger partial charge is 0.388 e. The van der Waals surface area contributed by atoms with Crippen LogP contribution in [0.4, 0.5) is 5.69 Å². The summed E-state index contributed by atoms with van der Waals surface area (Å²) in [7, 11) is 2.00. The number of rotatable bonds is 2. The summed E-state index contributed by atoms with van der Waals surface area (Å²) in [6, 6.07) is 2.80. The molecule has 0 bridgehead atoms. The monoisotopic (exact) mass is 246 g/mol. The van der Waals surface area contributed by atoms with Gasteiger partial charge in [-0.3, -0.25) is 9.88 Å². The van der Waals surface area contributed by atoms with E-state index in [-0.39, 0.29) is 0 Å². The molecule has 1 fully saturated rings. The van der Waals surface area contributed by atoms with Crippen LogP contribution in [-0.2, 0) is 12.8 Å². The zero-order chi connectivity index (χ0) is 12.4. The quantitative estimate of drug-likeness (QED) is 0.813. The molecule has 1 aromatic heterocycles. The summed E-state index contributed by atoms with van der Waals surface area (Å²) in [5.41, 5.74) is 4.00. The Morgan fingerprint density at radius 1 is 1.39 bits per heavy atom. The van der Waals surface area contributed by atoms with Gasteiger partial charge in [0.25, 0.3) is 0 Å². The van der Waals surface area contributed by atoms with E-state index in [1.165, 1.54) is 36.5 Å². The van der Waals surface area contributed by atoms with Gasteiger partial charge in [0, 0.05) is 56.8 Å². The van der Waals surface area contributed by atoms with Gasteiger partial charge in [-0.15, -0.1) is 0 Å². The zero-order valence-corrected chi connectivity index (χ0v) is 11.1. The molecule has 0 saturated carbocycles. The van der Waals surface area contributed by atoms with E-state index >= 15 is 0 Å². The molecule has 0 aromatic carbocycles. The number of fused-ring (bicyclic) bond motifs is 1. The van der Waals surface area contributed by atoms with Gasteiger partial charge in [0.15, 0.2) is 0 Å². The number of piperazine rings is 1. The van der Waals surface area contributed by atoms with Crippen molar-refractivity contribution in [1.82, 2.24) is 15.2 Å². The molecule has 0 radical (unpaired) electrons. The third kappa shape index (κ3) is 2.22. The number of nitrogens with zero attached hydrogens (tertiary/aromatic N) is 2. The van der Waals surface area contributed by atoms with Crippen molar-refractivity contribution in [2.45, 2.75) is 25.3 Å². The smallest absolute Gasteiger partial charge is 0.0457 e. The Labute approximate surface area is 109 Å². The average molecular weight is 246 g/mol. The average Bonchev–Trinajstić information content (AvgIpc) is 2.47. The molecule has 3 rings (SSSR count). The van der Waals surface area contributed by atoms with Crippen molar-refractivity contribution >= 4 is 5.69 Å². The Balaban J connectivity index is 1.79. The second-order valence-electron chi connectivity index (χ2n) is 5.22. The van der Waals surface area contributed by atoms with E-state index in [1.807, 2.05) is 13.2 Å². The standard InChI is InChI=1S/C14H22N4/c1-15-13-4-5-17-14-3-2-11(10-12(13)14)18-8-6-16-7-9-18/h4-5,11,16H,2-3,6-10H2,1H3,(H,15,17). The third-order valence-corrected chi connectivity index (χ3v) is 4.24. The number of pyridine rings is 1. The van der Waals surface area contributed by atoms with Crippen LogP contribution in [0.15, 0.2) is 12.3 Å². The maximum Gasteiger partial charge on any atom is 0.0457 e. The lowest BCUT2D eigenvalue weighted by Crippen LogP contribution is -2.50. The molecular formula is C14H22N4. The van der Waals surface area contributed by atoms with Gasteiger partial charge in [-0.1, -0.05) is 0 Å². The Kier molecular flexibility index (Phi) is 3.48. The number of aromatic nitrogens is 1. The molecule has 2 heterocycles. The van der Waals surface area contributed by atoms with Crippen LogP contribution in [0.3, 0.4) is 0 Å². The van der Waals surface area contributed by atoms with Crippen molar-refractivity contribution in [1.29, 1.82) is 0 Å². The summed E-state index contributed by atoms with van der Waals surface area (Å²) in [4.78, 5) is 7.18. The molecule has 18 heavy (non-hydrogen) atoms. The normalized spacial score (nSPS) is 24.6. The first-order valence-corrected chi connectivity index (χ1v) is 6.98. The van der Waals surface area contributed by atoms with Gasteiger partial charge in [-0.25, -0.2) is 0 Å². The van der Waals surface area contributed by atoms with E-state index in [1.54, 1.807) is 0 Å². The molecule has 4 nitrogen and oxygen atoms in total. The predicted octanol–water partition coefficient (Wildman–Crippen LogP) is 0.886. The number of hydrogen-bond acceptors (Lipinski definition) is 4. The topological polar surface area (TPSA) is 40.2 Å². The molecule has 1 aliphatic carbocycles. The molecule has 0 amide bonds. The minimum atomic E-state index is 0.705. The van der Waals surface area contributed by atoms with Crippen molar-refractivity contribution in [2.24, 2.45) is 0 Å². The lowest BCUT2D eigenvalue weighted by molar-refractivity contribution is 0.159. The van der Waals surface area contributed by atoms with Gasteiger partial charge >= 0.3 is 0 Å². The minimum absolute atomic E-state index is 0.705. The zero-order valence-electron chi connectivity index (χ0n) is 11.1. The Bertz CT molecular complexity index is 398. The van der Waals surface area contributed by atoms with Gasteiger partial charge in [0.05, 0.1) is 0 Å². The van der Waals surface area contributed by atoms with Gasteiger partial charge in [0.1, 0.15) is 0 Å². The predicted molar refractivity (Wildman–Crippen MR) is 74.0 cm³/mol. The van der Waals surface area contributed by atoms with Crippen LogP contribution < -0.4 is 10.6 Å². The van der Waals surface area contributed by atoms with Crippen LogP contribution in [0.5, 0.6) is 0 Å². The molecule has 98 valence electrons. The number of aryl methyl sites for hydroxylation is 1. The van der Waals surface area contributed by atoms with Crippen LogP contribution in [0, 0.1) is 0 Å². The van der Waals surface area contributed by atoms with E-state index in [4.69, 9.17) is 0 Å². The summed E-state index contributed by atoms with van der Waals surface area (Å²) in [5.74, 6) is 0. The van der Waals surface area contributed by atoms with Gasteiger partial charge in [-0.2, -0.15) is 0 Å². The van der Waals surface area contributed by atoms with Crippen molar-refractivity contribution in [3.8, 4) is 0 Å². The van der Waals surface area contributed by atoms with Crippen molar-refractivity contribution in [3.05, 3.63) is 23.5 Å². The van der Waals surface area contributed by atoms with E-state index in [9.17, 15) is 0 Å². The van der Waals surface area contributed by atoms with Crippen LogP contribution in [0.2, 0.25) is 0 Å². The third-order valence-electron chi connectivity index (χ3n) is 4.24. The first-order valence-electron chi connectivity index (χ1n) is 6.98. The molecule has 1 aliphatic heterocycles. The molecule has 4 heteroatoms. The van der Waals surface area contributed by atoms with E-state index in [2.05, 4.69) is 26.6 Å². The molecule has 1 aromatic rings. The second kappa shape index (κ2) is 5.24. The summed E-state index contributed by atoms with van der Waals surface area (Å²) in [6.07, 6.45) is 5.46. The van der Waals surface area contributed by atoms with E-state index in [0.717, 1.165) is 25.9 Å². The first-order chi connectivity index (χ1) is 8.88. The molecule has 2 aliphatic rings. The van der Waals surface area contributed by atoms with Gasteiger partial charge in [0.2, 0.25) is 0 Å². The fraction of sp³-hybridized carbons (Fsp3) is 0.643. The van der Waals surface area contributed by atoms with Crippen molar-refractivity contribution in [2.75, 3.05) is 38.5 Å². The highest BCUT2D eigenvalue weighted by atomic mass is 15.2. The lowest BCUT2D eigenvalue weighted by atomic mass is 9.89. The fourth-order valence-electron chi connectivity index (χ4n) is 3.21. The SMILES string of the molecule is CNc1ccnc2c1CC(N1CCNCC1)CC2. The van der Waals surface area contributed by atoms with Crippen molar-refractivity contribution < 1.29 is 0 Å². The van der Waals surface area contributed by atoms with Gasteiger partial charge in [-0.05, 0) is 30.9 Å². The highest BCUT2D eigenvalue weighted by Gasteiger charge is 2.27. The maximum atomic E-state index is 4.54. The Hall–Kier alpha value is -1.13. The maximum absolute atomic E-state index is 4.54. The first kappa shape index (κ1) is 11.9. The summed E-state index contributed by atoms with van der Waals surface area (Å²) in [5, 5.41) is 6.74. The fourth-order valence-corrected chi connectivity index (χ4v) is 3.21. The molecular weight excluding hydrogens is 224 g/mol. The summed E-state index contributed by atoms with van der Waals surface area (Å²) in [6.45, 7) is 4.65. The van der Waals surface area contributed by atoms with Crippen molar-refractivity contribution in [3.63, 3.8) is 0 Å². The summed E-state index contributed by atoms with van der Waals surface area (Å²) < 4.78 is 0. The number of nitrogens with one attached hydrogen (secondary N) is 2. The van der Waals surface area contributed by atoms with Gasteiger partial charge < -0.3 is 10.6 Å². The Morgan fingerprint density at radius 3 is 3.00 bits per heavy atom. The highest BCUT2D eigenvalue weighted by Crippen LogP contribution is 2.28. The van der Waals surface area contributed by atoms with E-state index in [0.29, 0.717) is 6.04 Å². The molecule has 1 atom stereocenters. The van der Waals surface area contributed by atoms with E-state index < -0.39 is 0 Å². The highest BCUT2D eigenvalue weighted by molar-refractivity contribution is 5.53. The lowest BCUT2D eigenvalue weighted by Gasteiger charge is -2.37. The second-order valence-corrected chi connectivity index (χ2v) is 5.22. The van der Waals surface area contributed by atoms with Crippen LogP contribution in [0.1, 0.15) is 17.7 Å². The number of hydrogen-bond donors (Lipinski definition) is 2.